The number of likely N-dealkylation sites (tertiary alicyclic amines) is 1. The number of anilines is 1. The average molecular weight is 378 g/mol. The van der Waals surface area contributed by atoms with Gasteiger partial charge in [-0.3, -0.25) is 14.5 Å². The third kappa shape index (κ3) is 3.20. The van der Waals surface area contributed by atoms with Crippen LogP contribution in [0, 0.1) is 0 Å². The Bertz CT molecular complexity index is 916. The Morgan fingerprint density at radius 1 is 0.964 bits per heavy atom. The minimum absolute atomic E-state index is 0.0132. The van der Waals surface area contributed by atoms with Crippen LogP contribution < -0.4 is 5.32 Å². The maximum Gasteiger partial charge on any atom is 0.337 e. The Balaban J connectivity index is 1.67. The van der Waals surface area contributed by atoms with E-state index in [0.29, 0.717) is 22.4 Å². The molecule has 0 saturated carbocycles. The first-order valence-electron chi connectivity index (χ1n) is 9.46. The van der Waals surface area contributed by atoms with Gasteiger partial charge in [-0.05, 0) is 50.2 Å². The summed E-state index contributed by atoms with van der Waals surface area (Å²) in [6.45, 7) is 1.62. The van der Waals surface area contributed by atoms with Crippen LogP contribution in [-0.4, -0.2) is 54.7 Å². The van der Waals surface area contributed by atoms with E-state index in [4.69, 9.17) is 4.74 Å². The predicted octanol–water partition coefficient (Wildman–Crippen LogP) is 2.80. The SMILES string of the molecule is COC(=O)c1ccc(NC2C(=O)c3ccccc3C(=O)C2N2CCCC2)cc1. The van der Waals surface area contributed by atoms with Gasteiger partial charge in [0.1, 0.15) is 12.1 Å². The van der Waals surface area contributed by atoms with Crippen molar-refractivity contribution in [2.45, 2.75) is 24.9 Å². The van der Waals surface area contributed by atoms with E-state index >= 15 is 0 Å². The quantitative estimate of drug-likeness (QED) is 0.825. The van der Waals surface area contributed by atoms with E-state index in [1.165, 1.54) is 7.11 Å². The molecule has 0 spiro atoms. The van der Waals surface area contributed by atoms with E-state index in [-0.39, 0.29) is 11.6 Å². The maximum absolute atomic E-state index is 13.2. The normalized spacial score (nSPS) is 22.0. The first-order valence-corrected chi connectivity index (χ1v) is 9.46. The summed E-state index contributed by atoms with van der Waals surface area (Å²) >= 11 is 0. The number of fused-ring (bicyclic) bond motifs is 1. The lowest BCUT2D eigenvalue weighted by molar-refractivity contribution is 0.0600. The van der Waals surface area contributed by atoms with Crippen LogP contribution in [0.5, 0.6) is 0 Å². The van der Waals surface area contributed by atoms with E-state index in [2.05, 4.69) is 10.2 Å². The highest BCUT2D eigenvalue weighted by molar-refractivity contribution is 6.19. The van der Waals surface area contributed by atoms with Crippen molar-refractivity contribution in [3.8, 4) is 0 Å². The third-order valence-corrected chi connectivity index (χ3v) is 5.49. The second kappa shape index (κ2) is 7.56. The molecule has 6 heteroatoms. The van der Waals surface area contributed by atoms with Crippen molar-refractivity contribution >= 4 is 23.2 Å². The Labute approximate surface area is 163 Å². The highest BCUT2D eigenvalue weighted by atomic mass is 16.5. The lowest BCUT2D eigenvalue weighted by Gasteiger charge is -2.37. The zero-order valence-electron chi connectivity index (χ0n) is 15.7. The molecule has 2 atom stereocenters. The van der Waals surface area contributed by atoms with Gasteiger partial charge in [-0.1, -0.05) is 24.3 Å². The zero-order valence-corrected chi connectivity index (χ0v) is 15.7. The fourth-order valence-corrected chi connectivity index (χ4v) is 4.08. The molecule has 2 unspecified atom stereocenters. The average Bonchev–Trinajstić information content (AvgIpc) is 3.26. The largest absolute Gasteiger partial charge is 0.465 e. The number of hydrogen-bond acceptors (Lipinski definition) is 6. The number of esters is 1. The number of carbonyl (C=O) groups excluding carboxylic acids is 3. The number of Topliss-reactive ketones (excluding diaryl/α,β-unsaturated/α-hetero) is 2. The summed E-state index contributed by atoms with van der Waals surface area (Å²) in [5.41, 5.74) is 2.08. The van der Waals surface area contributed by atoms with Crippen LogP contribution >= 0.6 is 0 Å². The van der Waals surface area contributed by atoms with Gasteiger partial charge >= 0.3 is 5.97 Å². The van der Waals surface area contributed by atoms with Crippen molar-refractivity contribution in [1.82, 2.24) is 4.90 Å². The lowest BCUT2D eigenvalue weighted by Crippen LogP contribution is -2.57. The molecule has 1 heterocycles. The predicted molar refractivity (Wildman–Crippen MR) is 105 cm³/mol. The number of nitrogens with one attached hydrogen (secondary N) is 1. The lowest BCUT2D eigenvalue weighted by atomic mass is 9.81. The molecular weight excluding hydrogens is 356 g/mol. The van der Waals surface area contributed by atoms with Gasteiger partial charge in [0.25, 0.3) is 0 Å². The fraction of sp³-hybridized carbons (Fsp3) is 0.318. The third-order valence-electron chi connectivity index (χ3n) is 5.49. The van der Waals surface area contributed by atoms with Crippen molar-refractivity contribution in [3.63, 3.8) is 0 Å². The molecule has 2 aliphatic rings. The molecule has 0 radical (unpaired) electrons. The van der Waals surface area contributed by atoms with Crippen molar-refractivity contribution < 1.29 is 19.1 Å². The number of ketones is 2. The van der Waals surface area contributed by atoms with Crippen LogP contribution in [0.25, 0.3) is 0 Å². The molecule has 6 nitrogen and oxygen atoms in total. The fourth-order valence-electron chi connectivity index (χ4n) is 4.08. The van der Waals surface area contributed by atoms with Gasteiger partial charge in [-0.25, -0.2) is 4.79 Å². The number of nitrogens with zero attached hydrogens (tertiary/aromatic N) is 1. The summed E-state index contributed by atoms with van der Waals surface area (Å²) in [5, 5.41) is 3.25. The topological polar surface area (TPSA) is 75.7 Å². The molecule has 1 fully saturated rings. The zero-order chi connectivity index (χ0) is 19.7. The molecule has 2 aromatic carbocycles. The van der Waals surface area contributed by atoms with Crippen LogP contribution in [0.3, 0.4) is 0 Å². The molecule has 4 rings (SSSR count). The van der Waals surface area contributed by atoms with Gasteiger partial charge in [0, 0.05) is 16.8 Å². The van der Waals surface area contributed by atoms with Gasteiger partial charge in [0.15, 0.2) is 11.6 Å². The number of benzene rings is 2. The van der Waals surface area contributed by atoms with Gasteiger partial charge in [-0.15, -0.1) is 0 Å². The summed E-state index contributed by atoms with van der Waals surface area (Å²) < 4.78 is 4.72. The van der Waals surface area contributed by atoms with Crippen molar-refractivity contribution in [2.75, 3.05) is 25.5 Å². The standard InChI is InChI=1S/C22H22N2O4/c1-28-22(27)14-8-10-15(11-9-14)23-18-19(24-12-4-5-13-24)21(26)17-7-3-2-6-16(17)20(18)25/h2-3,6-11,18-19,23H,4-5,12-13H2,1H3. The monoisotopic (exact) mass is 378 g/mol. The van der Waals surface area contributed by atoms with Crippen LogP contribution in [0.15, 0.2) is 48.5 Å². The first kappa shape index (κ1) is 18.4. The maximum atomic E-state index is 13.2. The van der Waals surface area contributed by atoms with Crippen molar-refractivity contribution in [2.24, 2.45) is 0 Å². The smallest absolute Gasteiger partial charge is 0.337 e. The summed E-state index contributed by atoms with van der Waals surface area (Å²) in [6, 6.07) is 12.6. The highest BCUT2D eigenvalue weighted by Gasteiger charge is 2.45. The molecule has 2 aromatic rings. The van der Waals surface area contributed by atoms with Gasteiger partial charge in [-0.2, -0.15) is 0 Å². The highest BCUT2D eigenvalue weighted by Crippen LogP contribution is 2.29. The molecule has 144 valence electrons. The molecule has 0 aromatic heterocycles. The summed E-state index contributed by atoms with van der Waals surface area (Å²) in [7, 11) is 1.33. The number of methoxy groups -OCH3 is 1. The molecule has 1 N–H and O–H groups in total. The van der Waals surface area contributed by atoms with E-state index < -0.39 is 18.1 Å². The number of hydrogen-bond donors (Lipinski definition) is 1. The Kier molecular flexibility index (Phi) is 4.96. The minimum atomic E-state index is -0.663. The van der Waals surface area contributed by atoms with Crippen LogP contribution in [0.2, 0.25) is 0 Å². The van der Waals surface area contributed by atoms with Crippen LogP contribution in [0.4, 0.5) is 5.69 Å². The Morgan fingerprint density at radius 3 is 2.18 bits per heavy atom. The van der Waals surface area contributed by atoms with E-state index in [9.17, 15) is 14.4 Å². The molecule has 1 aliphatic carbocycles. The summed E-state index contributed by atoms with van der Waals surface area (Å²) in [6.07, 6.45) is 2.06. The second-order valence-corrected chi connectivity index (χ2v) is 7.15. The van der Waals surface area contributed by atoms with Crippen LogP contribution in [-0.2, 0) is 4.74 Å². The number of ether oxygens (including phenoxy) is 1. The number of rotatable bonds is 4. The molecule has 0 amide bonds. The molecule has 28 heavy (non-hydrogen) atoms. The molecular formula is C22H22N2O4. The van der Waals surface area contributed by atoms with Crippen LogP contribution in [0.1, 0.15) is 43.9 Å². The first-order chi connectivity index (χ1) is 13.6. The molecule has 0 bridgehead atoms. The number of carbonyl (C=O) groups is 3. The summed E-state index contributed by atoms with van der Waals surface area (Å²) in [5.74, 6) is -0.510. The van der Waals surface area contributed by atoms with Crippen molar-refractivity contribution in [3.05, 3.63) is 65.2 Å². The Morgan fingerprint density at radius 2 is 1.57 bits per heavy atom. The van der Waals surface area contributed by atoms with E-state index in [1.807, 2.05) is 0 Å². The summed E-state index contributed by atoms with van der Waals surface area (Å²) in [4.78, 5) is 40.2. The second-order valence-electron chi connectivity index (χ2n) is 7.15. The van der Waals surface area contributed by atoms with Crippen molar-refractivity contribution in [1.29, 1.82) is 0 Å². The molecule has 1 aliphatic heterocycles. The molecule has 1 saturated heterocycles. The van der Waals surface area contributed by atoms with E-state index in [1.54, 1.807) is 48.5 Å². The van der Waals surface area contributed by atoms with Gasteiger partial charge in [0.2, 0.25) is 0 Å². The van der Waals surface area contributed by atoms with Gasteiger partial charge < -0.3 is 10.1 Å². The minimum Gasteiger partial charge on any atom is -0.465 e. The Hall–Kier alpha value is -2.99. The van der Waals surface area contributed by atoms with Gasteiger partial charge in [0.05, 0.1) is 12.7 Å². The van der Waals surface area contributed by atoms with E-state index in [0.717, 1.165) is 25.9 Å².